The fraction of sp³-hybridized carbons (Fsp3) is 0.231. The molecule has 2 N–H and O–H groups in total. The number of halogens is 1. The predicted molar refractivity (Wildman–Crippen MR) is 76.7 cm³/mol. The highest BCUT2D eigenvalue weighted by Gasteiger charge is 2.07. The van der Waals surface area contributed by atoms with Crippen molar-refractivity contribution in [2.75, 3.05) is 5.73 Å². The largest absolute Gasteiger partial charge is 0.486 e. The molecule has 0 aliphatic heterocycles. The number of aryl methyl sites for hydroxylation is 2. The Hall–Kier alpha value is -1.000. The zero-order valence-electron chi connectivity index (χ0n) is 9.79. The molecule has 90 valence electrons. The molecule has 0 atom stereocenters. The van der Waals surface area contributed by atoms with Crippen molar-refractivity contribution < 1.29 is 4.74 Å². The van der Waals surface area contributed by atoms with Gasteiger partial charge < -0.3 is 10.5 Å². The fourth-order valence-electron chi connectivity index (χ4n) is 1.76. The van der Waals surface area contributed by atoms with Gasteiger partial charge in [-0.3, -0.25) is 0 Å². The van der Waals surface area contributed by atoms with E-state index in [1.165, 1.54) is 4.88 Å². The smallest absolute Gasteiger partial charge is 0.145 e. The highest BCUT2D eigenvalue weighted by Crippen LogP contribution is 2.29. The van der Waals surface area contributed by atoms with E-state index in [-0.39, 0.29) is 0 Å². The Morgan fingerprint density at radius 3 is 2.65 bits per heavy atom. The Labute approximate surface area is 114 Å². The molecule has 2 nitrogen and oxygen atoms in total. The summed E-state index contributed by atoms with van der Waals surface area (Å²) >= 11 is 5.11. The number of nitrogens with two attached hydrogens (primary N) is 1. The van der Waals surface area contributed by atoms with Crippen LogP contribution in [0, 0.1) is 13.8 Å². The van der Waals surface area contributed by atoms with Crippen LogP contribution in [0.25, 0.3) is 0 Å². The van der Waals surface area contributed by atoms with Gasteiger partial charge in [0.15, 0.2) is 0 Å². The van der Waals surface area contributed by atoms with Gasteiger partial charge in [-0.1, -0.05) is 6.07 Å². The number of thiophene rings is 1. The summed E-state index contributed by atoms with van der Waals surface area (Å²) in [5.74, 6) is 0.792. The first kappa shape index (κ1) is 12.5. The second kappa shape index (κ2) is 5.10. The lowest BCUT2D eigenvalue weighted by Crippen LogP contribution is -2.00. The Morgan fingerprint density at radius 2 is 2.06 bits per heavy atom. The van der Waals surface area contributed by atoms with Crippen molar-refractivity contribution in [3.63, 3.8) is 0 Å². The molecule has 0 spiro atoms. The van der Waals surface area contributed by atoms with Gasteiger partial charge in [0.25, 0.3) is 0 Å². The van der Waals surface area contributed by atoms with Crippen LogP contribution in [0.3, 0.4) is 0 Å². The molecule has 4 heteroatoms. The van der Waals surface area contributed by atoms with Gasteiger partial charge in [0, 0.05) is 4.88 Å². The quantitative estimate of drug-likeness (QED) is 0.858. The van der Waals surface area contributed by atoms with Crippen molar-refractivity contribution in [1.82, 2.24) is 0 Å². The first-order chi connectivity index (χ1) is 8.06. The summed E-state index contributed by atoms with van der Waals surface area (Å²) in [6.07, 6.45) is 0. The van der Waals surface area contributed by atoms with Gasteiger partial charge in [-0.05, 0) is 59.1 Å². The number of rotatable bonds is 3. The molecule has 2 rings (SSSR count). The maximum absolute atomic E-state index is 5.96. The van der Waals surface area contributed by atoms with E-state index >= 15 is 0 Å². The summed E-state index contributed by atoms with van der Waals surface area (Å²) in [6.45, 7) is 4.61. The van der Waals surface area contributed by atoms with Crippen LogP contribution in [-0.4, -0.2) is 0 Å². The van der Waals surface area contributed by atoms with Crippen LogP contribution >= 0.6 is 27.3 Å². The lowest BCUT2D eigenvalue weighted by atomic mass is 10.1. The summed E-state index contributed by atoms with van der Waals surface area (Å²) in [4.78, 5) is 1.18. The number of ether oxygens (including phenoxy) is 1. The maximum atomic E-state index is 5.96. The molecule has 0 aliphatic carbocycles. The highest BCUT2D eigenvalue weighted by atomic mass is 79.9. The van der Waals surface area contributed by atoms with Gasteiger partial charge in [-0.25, -0.2) is 0 Å². The Kier molecular flexibility index (Phi) is 3.74. The SMILES string of the molecule is Cc1cc(C)c(OCc2ccc(Br)s2)c(N)c1. The second-order valence-corrected chi connectivity index (χ2v) is 6.54. The van der Waals surface area contributed by atoms with Gasteiger partial charge in [0.1, 0.15) is 12.4 Å². The molecule has 17 heavy (non-hydrogen) atoms. The van der Waals surface area contributed by atoms with E-state index < -0.39 is 0 Å². The molecule has 0 radical (unpaired) electrons. The number of hydrogen-bond acceptors (Lipinski definition) is 3. The molecule has 0 amide bonds. The van der Waals surface area contributed by atoms with Crippen LogP contribution in [0.4, 0.5) is 5.69 Å². The normalized spacial score (nSPS) is 10.5. The van der Waals surface area contributed by atoms with Crippen molar-refractivity contribution in [1.29, 1.82) is 0 Å². The number of hydrogen-bond donors (Lipinski definition) is 1. The summed E-state index contributed by atoms with van der Waals surface area (Å²) in [7, 11) is 0. The minimum Gasteiger partial charge on any atom is -0.486 e. The molecule has 1 heterocycles. The minimum absolute atomic E-state index is 0.560. The molecular formula is C13H14BrNOS. The molecule has 0 aliphatic rings. The molecule has 0 saturated heterocycles. The average molecular weight is 312 g/mol. The molecular weight excluding hydrogens is 298 g/mol. The van der Waals surface area contributed by atoms with Crippen LogP contribution in [-0.2, 0) is 6.61 Å². The van der Waals surface area contributed by atoms with Gasteiger partial charge >= 0.3 is 0 Å². The van der Waals surface area contributed by atoms with Crippen LogP contribution in [0.1, 0.15) is 16.0 Å². The zero-order valence-corrected chi connectivity index (χ0v) is 12.2. The number of anilines is 1. The lowest BCUT2D eigenvalue weighted by molar-refractivity contribution is 0.309. The minimum atomic E-state index is 0.560. The van der Waals surface area contributed by atoms with Crippen LogP contribution in [0.2, 0.25) is 0 Å². The van der Waals surface area contributed by atoms with Crippen LogP contribution < -0.4 is 10.5 Å². The third kappa shape index (κ3) is 3.01. The van der Waals surface area contributed by atoms with E-state index in [0.717, 1.165) is 20.7 Å². The number of benzene rings is 1. The van der Waals surface area contributed by atoms with Gasteiger partial charge in [0.2, 0.25) is 0 Å². The van der Waals surface area contributed by atoms with Crippen molar-refractivity contribution in [2.24, 2.45) is 0 Å². The average Bonchev–Trinajstić information content (AvgIpc) is 2.62. The van der Waals surface area contributed by atoms with Crippen LogP contribution in [0.15, 0.2) is 28.1 Å². The fourth-order valence-corrected chi connectivity index (χ4v) is 3.15. The third-order valence-corrected chi connectivity index (χ3v) is 4.03. The molecule has 1 aromatic heterocycles. The van der Waals surface area contributed by atoms with E-state index in [1.54, 1.807) is 11.3 Å². The number of nitrogen functional groups attached to an aromatic ring is 1. The van der Waals surface area contributed by atoms with Crippen molar-refractivity contribution in [3.05, 3.63) is 44.1 Å². The Morgan fingerprint density at radius 1 is 1.29 bits per heavy atom. The molecule has 0 bridgehead atoms. The van der Waals surface area contributed by atoms with E-state index in [0.29, 0.717) is 12.3 Å². The van der Waals surface area contributed by atoms with Crippen molar-refractivity contribution >= 4 is 33.0 Å². The van der Waals surface area contributed by atoms with Gasteiger partial charge in [-0.2, -0.15) is 0 Å². The topological polar surface area (TPSA) is 35.2 Å². The van der Waals surface area contributed by atoms with E-state index in [9.17, 15) is 0 Å². The first-order valence-electron chi connectivity index (χ1n) is 5.30. The summed E-state index contributed by atoms with van der Waals surface area (Å²) < 4.78 is 6.90. The second-order valence-electron chi connectivity index (χ2n) is 3.99. The molecule has 1 aromatic carbocycles. The van der Waals surface area contributed by atoms with E-state index in [1.807, 2.05) is 26.0 Å². The monoisotopic (exact) mass is 311 g/mol. The van der Waals surface area contributed by atoms with Crippen molar-refractivity contribution in [3.8, 4) is 5.75 Å². The molecule has 0 fully saturated rings. The van der Waals surface area contributed by atoms with Gasteiger partial charge in [0.05, 0.1) is 9.47 Å². The van der Waals surface area contributed by atoms with Crippen molar-refractivity contribution in [2.45, 2.75) is 20.5 Å². The summed E-state index contributed by atoms with van der Waals surface area (Å²) in [6, 6.07) is 8.09. The van der Waals surface area contributed by atoms with E-state index in [2.05, 4.69) is 28.1 Å². The molecule has 0 unspecified atom stereocenters. The predicted octanol–water partition coefficient (Wildman–Crippen LogP) is 4.29. The molecule has 2 aromatic rings. The zero-order chi connectivity index (χ0) is 12.4. The highest BCUT2D eigenvalue weighted by molar-refractivity contribution is 9.11. The van der Waals surface area contributed by atoms with Crippen LogP contribution in [0.5, 0.6) is 5.75 Å². The molecule has 0 saturated carbocycles. The Balaban J connectivity index is 2.14. The summed E-state index contributed by atoms with van der Waals surface area (Å²) in [5.41, 5.74) is 8.91. The third-order valence-electron chi connectivity index (χ3n) is 2.44. The standard InChI is InChI=1S/C13H14BrNOS/c1-8-5-9(2)13(11(15)6-8)16-7-10-3-4-12(14)17-10/h3-6H,7,15H2,1-2H3. The lowest BCUT2D eigenvalue weighted by Gasteiger charge is -2.11. The summed E-state index contributed by atoms with van der Waals surface area (Å²) in [5, 5.41) is 0. The van der Waals surface area contributed by atoms with E-state index in [4.69, 9.17) is 10.5 Å². The first-order valence-corrected chi connectivity index (χ1v) is 6.91. The Bertz CT molecular complexity index is 513. The van der Waals surface area contributed by atoms with Gasteiger partial charge in [-0.15, -0.1) is 11.3 Å². The maximum Gasteiger partial charge on any atom is 0.145 e.